The Labute approximate surface area is 125 Å². The molecular weight excluding hydrogens is 268 g/mol. The lowest BCUT2D eigenvalue weighted by Gasteiger charge is -2.28. The molecule has 0 heterocycles. The highest BCUT2D eigenvalue weighted by molar-refractivity contribution is 5.87. The fraction of sp³-hybridized carbons (Fsp3) is 0.765. The van der Waals surface area contributed by atoms with E-state index < -0.39 is 0 Å². The average Bonchev–Trinajstić information content (AvgIpc) is 3.14. The van der Waals surface area contributed by atoms with E-state index in [0.717, 1.165) is 44.9 Å². The quantitative estimate of drug-likeness (QED) is 0.590. The summed E-state index contributed by atoms with van der Waals surface area (Å²) in [5.74, 6) is 0.539. The van der Waals surface area contributed by atoms with Crippen LogP contribution in [0.25, 0.3) is 0 Å². The first-order valence-corrected chi connectivity index (χ1v) is 8.11. The average molecular weight is 292 g/mol. The maximum Gasteiger partial charge on any atom is 0.333 e. The minimum atomic E-state index is -0.299. The van der Waals surface area contributed by atoms with Crippen molar-refractivity contribution in [2.45, 2.75) is 64.1 Å². The summed E-state index contributed by atoms with van der Waals surface area (Å²) in [5, 5.41) is 0. The van der Waals surface area contributed by atoms with Gasteiger partial charge in [-0.2, -0.15) is 0 Å². The number of hydrogen-bond donors (Lipinski definition) is 0. The number of rotatable bonds is 4. The summed E-state index contributed by atoms with van der Waals surface area (Å²) in [6.07, 6.45) is 6.98. The molecule has 0 aromatic rings. The molecule has 3 aliphatic carbocycles. The fourth-order valence-corrected chi connectivity index (χ4v) is 4.10. The molecule has 3 saturated carbocycles. The first-order chi connectivity index (χ1) is 10.0. The molecule has 0 spiro atoms. The number of carbonyl (C=O) groups excluding carboxylic acids is 2. The molecule has 0 aromatic carbocycles. The minimum absolute atomic E-state index is 0.000491. The lowest BCUT2D eigenvalue weighted by atomic mass is 9.94. The van der Waals surface area contributed by atoms with Crippen molar-refractivity contribution in [1.82, 2.24) is 0 Å². The lowest BCUT2D eigenvalue weighted by Crippen LogP contribution is -2.33. The van der Waals surface area contributed by atoms with Crippen LogP contribution >= 0.6 is 0 Å². The van der Waals surface area contributed by atoms with Crippen LogP contribution < -0.4 is 0 Å². The summed E-state index contributed by atoms with van der Waals surface area (Å²) in [5.41, 5.74) is 0.446. The summed E-state index contributed by atoms with van der Waals surface area (Å²) in [6.45, 7) is 5.28. The van der Waals surface area contributed by atoms with Crippen LogP contribution in [0, 0.1) is 17.8 Å². The molecule has 0 amide bonds. The van der Waals surface area contributed by atoms with Gasteiger partial charge in [-0.3, -0.25) is 4.79 Å². The Morgan fingerprint density at radius 1 is 0.952 bits per heavy atom. The topological polar surface area (TPSA) is 52.6 Å². The third kappa shape index (κ3) is 2.99. The van der Waals surface area contributed by atoms with Crippen molar-refractivity contribution in [2.24, 2.45) is 17.8 Å². The first kappa shape index (κ1) is 14.6. The van der Waals surface area contributed by atoms with Crippen LogP contribution in [0.5, 0.6) is 0 Å². The molecule has 116 valence electrons. The standard InChI is InChI=1S/C17H24O4/c1-10(2)16(18)20-14-8-13-7-12(14)9-15(13)21-17(19)11-5-3-4-6-11/h11-15H,1,3-9H2,2H3. The molecule has 4 heteroatoms. The van der Waals surface area contributed by atoms with E-state index >= 15 is 0 Å². The van der Waals surface area contributed by atoms with Gasteiger partial charge in [0.2, 0.25) is 0 Å². The molecule has 0 radical (unpaired) electrons. The molecule has 2 bridgehead atoms. The van der Waals surface area contributed by atoms with Crippen molar-refractivity contribution < 1.29 is 19.1 Å². The van der Waals surface area contributed by atoms with Crippen molar-refractivity contribution in [1.29, 1.82) is 0 Å². The van der Waals surface area contributed by atoms with Crippen LogP contribution in [-0.2, 0) is 19.1 Å². The first-order valence-electron chi connectivity index (χ1n) is 8.11. The van der Waals surface area contributed by atoms with Crippen LogP contribution in [0.2, 0.25) is 0 Å². The second-order valence-corrected chi connectivity index (χ2v) is 6.91. The summed E-state index contributed by atoms with van der Waals surface area (Å²) >= 11 is 0. The Hall–Kier alpha value is -1.32. The zero-order chi connectivity index (χ0) is 15.0. The van der Waals surface area contributed by atoms with E-state index in [4.69, 9.17) is 9.47 Å². The monoisotopic (exact) mass is 292 g/mol. The van der Waals surface area contributed by atoms with Crippen LogP contribution in [0.4, 0.5) is 0 Å². The molecule has 3 rings (SSSR count). The maximum atomic E-state index is 12.1. The van der Waals surface area contributed by atoms with Crippen molar-refractivity contribution in [2.75, 3.05) is 0 Å². The molecule has 21 heavy (non-hydrogen) atoms. The molecule has 0 N–H and O–H groups in total. The van der Waals surface area contributed by atoms with Gasteiger partial charge in [-0.25, -0.2) is 4.79 Å². The summed E-state index contributed by atoms with van der Waals surface area (Å²) in [6, 6.07) is 0. The van der Waals surface area contributed by atoms with Crippen LogP contribution in [-0.4, -0.2) is 24.1 Å². The van der Waals surface area contributed by atoms with Gasteiger partial charge < -0.3 is 9.47 Å². The van der Waals surface area contributed by atoms with E-state index in [-0.39, 0.29) is 30.1 Å². The zero-order valence-corrected chi connectivity index (χ0v) is 12.7. The lowest BCUT2D eigenvalue weighted by molar-refractivity contribution is -0.160. The summed E-state index contributed by atoms with van der Waals surface area (Å²) in [7, 11) is 0. The Balaban J connectivity index is 1.49. The second-order valence-electron chi connectivity index (χ2n) is 6.91. The van der Waals surface area contributed by atoms with Crippen molar-refractivity contribution in [3.8, 4) is 0 Å². The highest BCUT2D eigenvalue weighted by Crippen LogP contribution is 2.48. The highest BCUT2D eigenvalue weighted by Gasteiger charge is 2.49. The minimum Gasteiger partial charge on any atom is -0.462 e. The Morgan fingerprint density at radius 3 is 2.05 bits per heavy atom. The number of fused-ring (bicyclic) bond motifs is 2. The van der Waals surface area contributed by atoms with E-state index in [1.54, 1.807) is 6.92 Å². The molecule has 0 aromatic heterocycles. The molecule has 0 aliphatic heterocycles. The predicted octanol–water partition coefficient (Wildman–Crippen LogP) is 3.01. The van der Waals surface area contributed by atoms with Gasteiger partial charge in [0, 0.05) is 5.57 Å². The van der Waals surface area contributed by atoms with Gasteiger partial charge in [0.05, 0.1) is 5.92 Å². The van der Waals surface area contributed by atoms with Gasteiger partial charge in [-0.15, -0.1) is 0 Å². The van der Waals surface area contributed by atoms with E-state index in [2.05, 4.69) is 6.58 Å². The second kappa shape index (κ2) is 5.82. The van der Waals surface area contributed by atoms with Gasteiger partial charge in [0.25, 0.3) is 0 Å². The molecule has 3 aliphatic rings. The third-order valence-electron chi connectivity index (χ3n) is 5.29. The van der Waals surface area contributed by atoms with E-state index in [1.165, 1.54) is 0 Å². The van der Waals surface area contributed by atoms with Gasteiger partial charge in [0.15, 0.2) is 0 Å². The molecule has 4 unspecified atom stereocenters. The normalized spacial score (nSPS) is 34.9. The SMILES string of the molecule is C=C(C)C(=O)OC1CC2CC1CC2OC(=O)C1CCCC1. The fourth-order valence-electron chi connectivity index (χ4n) is 4.10. The van der Waals surface area contributed by atoms with Crippen molar-refractivity contribution in [3.63, 3.8) is 0 Å². The molecular formula is C17H24O4. The third-order valence-corrected chi connectivity index (χ3v) is 5.29. The van der Waals surface area contributed by atoms with Gasteiger partial charge in [-0.1, -0.05) is 19.4 Å². The Kier molecular flexibility index (Phi) is 4.05. The predicted molar refractivity (Wildman–Crippen MR) is 77.4 cm³/mol. The summed E-state index contributed by atoms with van der Waals surface area (Å²) < 4.78 is 11.2. The molecule has 0 saturated heterocycles. The van der Waals surface area contributed by atoms with Gasteiger partial charge in [0.1, 0.15) is 12.2 Å². The highest BCUT2D eigenvalue weighted by atomic mass is 16.6. The van der Waals surface area contributed by atoms with Crippen molar-refractivity contribution >= 4 is 11.9 Å². The Morgan fingerprint density at radius 2 is 1.52 bits per heavy atom. The molecule has 3 fully saturated rings. The zero-order valence-electron chi connectivity index (χ0n) is 12.7. The number of carbonyl (C=O) groups is 2. The van der Waals surface area contributed by atoms with Crippen molar-refractivity contribution in [3.05, 3.63) is 12.2 Å². The van der Waals surface area contributed by atoms with Gasteiger partial charge in [-0.05, 0) is 50.9 Å². The van der Waals surface area contributed by atoms with Gasteiger partial charge >= 0.3 is 11.9 Å². The maximum absolute atomic E-state index is 12.1. The van der Waals surface area contributed by atoms with E-state index in [1.807, 2.05) is 0 Å². The summed E-state index contributed by atoms with van der Waals surface area (Å²) in [4.78, 5) is 23.7. The number of hydrogen-bond acceptors (Lipinski definition) is 4. The smallest absolute Gasteiger partial charge is 0.333 e. The number of esters is 2. The largest absolute Gasteiger partial charge is 0.462 e. The molecule has 4 nitrogen and oxygen atoms in total. The van der Waals surface area contributed by atoms with E-state index in [0.29, 0.717) is 17.4 Å². The van der Waals surface area contributed by atoms with E-state index in [9.17, 15) is 9.59 Å². The molecule has 4 atom stereocenters. The van der Waals surface area contributed by atoms with Crippen LogP contribution in [0.3, 0.4) is 0 Å². The van der Waals surface area contributed by atoms with Crippen LogP contribution in [0.1, 0.15) is 51.9 Å². The number of ether oxygens (including phenoxy) is 2. The van der Waals surface area contributed by atoms with Crippen LogP contribution in [0.15, 0.2) is 12.2 Å². The Bertz CT molecular complexity index is 450.